The van der Waals surface area contributed by atoms with Crippen LogP contribution in [-0.4, -0.2) is 32.3 Å². The number of rotatable bonds is 8. The smallest absolute Gasteiger partial charge is 0.265 e. The lowest BCUT2D eigenvalue weighted by Crippen LogP contribution is -2.14. The second-order valence-electron chi connectivity index (χ2n) is 7.73. The number of aryl methyl sites for hydroxylation is 2. The Bertz CT molecular complexity index is 1140. The molecule has 0 aliphatic rings. The van der Waals surface area contributed by atoms with Crippen LogP contribution in [0.3, 0.4) is 0 Å². The molecule has 3 aromatic rings. The molecule has 0 unspecified atom stereocenters. The number of anilines is 1. The summed E-state index contributed by atoms with van der Waals surface area (Å²) < 4.78 is 39.3. The van der Waals surface area contributed by atoms with Crippen molar-refractivity contribution < 1.29 is 17.9 Å². The largest absolute Gasteiger partial charge is 0.495 e. The maximum Gasteiger partial charge on any atom is 0.265 e. The van der Waals surface area contributed by atoms with Gasteiger partial charge in [-0.15, -0.1) is 10.2 Å². The minimum Gasteiger partial charge on any atom is -0.495 e. The van der Waals surface area contributed by atoms with Crippen LogP contribution in [0.4, 0.5) is 5.69 Å². The highest BCUT2D eigenvalue weighted by molar-refractivity contribution is 7.92. The maximum atomic E-state index is 12.9. The molecule has 31 heavy (non-hydrogen) atoms. The van der Waals surface area contributed by atoms with Crippen LogP contribution in [0, 0.1) is 19.8 Å². The van der Waals surface area contributed by atoms with Crippen molar-refractivity contribution in [3.8, 4) is 22.9 Å². The van der Waals surface area contributed by atoms with Gasteiger partial charge in [0.05, 0.1) is 19.4 Å². The highest BCUT2D eigenvalue weighted by atomic mass is 32.2. The highest BCUT2D eigenvalue weighted by Crippen LogP contribution is 2.29. The van der Waals surface area contributed by atoms with Crippen LogP contribution in [0.15, 0.2) is 53.4 Å². The number of hydrogen-bond donors (Lipinski definition) is 1. The molecule has 0 fully saturated rings. The van der Waals surface area contributed by atoms with Crippen LogP contribution in [0.2, 0.25) is 0 Å². The van der Waals surface area contributed by atoms with Crippen molar-refractivity contribution >= 4 is 15.7 Å². The molecule has 164 valence electrons. The van der Waals surface area contributed by atoms with Crippen molar-refractivity contribution in [1.29, 1.82) is 0 Å². The Morgan fingerprint density at radius 2 is 1.65 bits per heavy atom. The van der Waals surface area contributed by atoms with Gasteiger partial charge < -0.3 is 9.47 Å². The van der Waals surface area contributed by atoms with Gasteiger partial charge in [-0.2, -0.15) is 0 Å². The van der Waals surface area contributed by atoms with Crippen LogP contribution in [0.25, 0.3) is 11.3 Å². The molecule has 2 aromatic carbocycles. The molecule has 0 aliphatic carbocycles. The minimum absolute atomic E-state index is 0.102. The average Bonchev–Trinajstić information content (AvgIpc) is 2.74. The Balaban J connectivity index is 1.77. The first-order valence-electron chi connectivity index (χ1n) is 9.94. The molecule has 0 bridgehead atoms. The lowest BCUT2D eigenvalue weighted by Gasteiger charge is -2.14. The van der Waals surface area contributed by atoms with E-state index in [-0.39, 0.29) is 4.90 Å². The average molecular weight is 442 g/mol. The van der Waals surface area contributed by atoms with Crippen LogP contribution in [-0.2, 0) is 10.0 Å². The number of aromatic nitrogens is 2. The molecule has 0 saturated carbocycles. The van der Waals surface area contributed by atoms with E-state index in [1.807, 2.05) is 19.9 Å². The van der Waals surface area contributed by atoms with Crippen LogP contribution < -0.4 is 14.2 Å². The van der Waals surface area contributed by atoms with Gasteiger partial charge in [0.25, 0.3) is 10.0 Å². The van der Waals surface area contributed by atoms with Crippen molar-refractivity contribution in [3.05, 3.63) is 59.7 Å². The van der Waals surface area contributed by atoms with Crippen molar-refractivity contribution in [3.63, 3.8) is 0 Å². The summed E-state index contributed by atoms with van der Waals surface area (Å²) in [4.78, 5) is 0.102. The minimum atomic E-state index is -3.81. The normalized spacial score (nSPS) is 11.4. The summed E-state index contributed by atoms with van der Waals surface area (Å²) in [5.74, 6) is 1.19. The molecule has 0 radical (unpaired) electrons. The van der Waals surface area contributed by atoms with Crippen molar-refractivity contribution in [2.75, 3.05) is 18.4 Å². The Morgan fingerprint density at radius 3 is 2.23 bits per heavy atom. The van der Waals surface area contributed by atoms with E-state index in [0.717, 1.165) is 16.7 Å². The quantitative estimate of drug-likeness (QED) is 0.549. The summed E-state index contributed by atoms with van der Waals surface area (Å²) in [6.07, 6.45) is 0. The van der Waals surface area contributed by atoms with Gasteiger partial charge in [0.15, 0.2) is 0 Å². The predicted octanol–water partition coefficient (Wildman–Crippen LogP) is 4.60. The topological polar surface area (TPSA) is 90.4 Å². The third-order valence-electron chi connectivity index (χ3n) is 4.71. The number of sulfonamides is 1. The van der Waals surface area contributed by atoms with Crippen LogP contribution in [0.5, 0.6) is 11.6 Å². The van der Waals surface area contributed by atoms with Gasteiger partial charge in [-0.05, 0) is 61.2 Å². The lowest BCUT2D eigenvalue weighted by molar-refractivity contribution is 0.258. The summed E-state index contributed by atoms with van der Waals surface area (Å²) in [6, 6.07) is 13.9. The van der Waals surface area contributed by atoms with Gasteiger partial charge in [0.2, 0.25) is 5.88 Å². The van der Waals surface area contributed by atoms with E-state index in [4.69, 9.17) is 9.47 Å². The summed E-state index contributed by atoms with van der Waals surface area (Å²) in [5.41, 5.74) is 3.75. The number of ether oxygens (including phenoxy) is 2. The van der Waals surface area contributed by atoms with Crippen molar-refractivity contribution in [2.45, 2.75) is 32.6 Å². The van der Waals surface area contributed by atoms with Crippen LogP contribution >= 0.6 is 0 Å². The predicted molar refractivity (Wildman–Crippen MR) is 121 cm³/mol. The molecular weight excluding hydrogens is 414 g/mol. The number of benzene rings is 2. The van der Waals surface area contributed by atoms with Gasteiger partial charge >= 0.3 is 0 Å². The van der Waals surface area contributed by atoms with E-state index < -0.39 is 10.0 Å². The molecule has 0 atom stereocenters. The Kier molecular flexibility index (Phi) is 6.80. The molecule has 1 N–H and O–H groups in total. The van der Waals surface area contributed by atoms with E-state index >= 15 is 0 Å². The summed E-state index contributed by atoms with van der Waals surface area (Å²) in [7, 11) is -2.35. The van der Waals surface area contributed by atoms with E-state index in [1.165, 1.54) is 7.11 Å². The van der Waals surface area contributed by atoms with Crippen molar-refractivity contribution in [1.82, 2.24) is 10.2 Å². The number of nitrogens with zero attached hydrogens (tertiary/aromatic N) is 2. The number of methoxy groups -OCH3 is 1. The Labute approximate surface area is 183 Å². The fraction of sp³-hybridized carbons (Fsp3) is 0.304. The number of nitrogens with one attached hydrogen (secondary N) is 1. The Morgan fingerprint density at radius 1 is 0.968 bits per heavy atom. The number of hydrogen-bond acceptors (Lipinski definition) is 6. The first kappa shape index (κ1) is 22.6. The second-order valence-corrected chi connectivity index (χ2v) is 9.38. The molecule has 3 rings (SSSR count). The van der Waals surface area contributed by atoms with E-state index in [0.29, 0.717) is 35.5 Å². The second kappa shape index (κ2) is 9.34. The maximum absolute atomic E-state index is 12.9. The molecule has 1 aromatic heterocycles. The van der Waals surface area contributed by atoms with E-state index in [1.54, 1.807) is 42.5 Å². The van der Waals surface area contributed by atoms with Gasteiger partial charge in [-0.25, -0.2) is 8.42 Å². The van der Waals surface area contributed by atoms with E-state index in [9.17, 15) is 8.42 Å². The van der Waals surface area contributed by atoms with Gasteiger partial charge in [0, 0.05) is 17.3 Å². The summed E-state index contributed by atoms with van der Waals surface area (Å²) in [6.45, 7) is 8.48. The molecule has 0 aliphatic heterocycles. The van der Waals surface area contributed by atoms with Gasteiger partial charge in [0.1, 0.15) is 10.6 Å². The molecule has 0 spiro atoms. The highest BCUT2D eigenvalue weighted by Gasteiger charge is 2.21. The van der Waals surface area contributed by atoms with Gasteiger partial charge in [-0.3, -0.25) is 4.72 Å². The van der Waals surface area contributed by atoms with Crippen molar-refractivity contribution in [2.24, 2.45) is 5.92 Å². The third-order valence-corrected chi connectivity index (χ3v) is 6.11. The zero-order chi connectivity index (χ0) is 22.6. The Hall–Kier alpha value is -3.13. The molecule has 8 heteroatoms. The van der Waals surface area contributed by atoms with Crippen LogP contribution in [0.1, 0.15) is 25.0 Å². The zero-order valence-corrected chi connectivity index (χ0v) is 19.2. The standard InChI is InChI=1S/C23H27N3O4S/c1-15(2)14-30-23-11-10-20(24-25-23)18-6-8-19(9-7-18)26-31(27,28)22-13-17(4)16(3)12-21(22)29-5/h6-13,15,26H,14H2,1-5H3. The molecule has 0 saturated heterocycles. The lowest BCUT2D eigenvalue weighted by atomic mass is 10.1. The monoisotopic (exact) mass is 441 g/mol. The summed E-state index contributed by atoms with van der Waals surface area (Å²) >= 11 is 0. The molecule has 7 nitrogen and oxygen atoms in total. The zero-order valence-electron chi connectivity index (χ0n) is 18.3. The summed E-state index contributed by atoms with van der Waals surface area (Å²) in [5, 5.41) is 8.27. The molecular formula is C23H27N3O4S. The first-order valence-corrected chi connectivity index (χ1v) is 11.4. The third kappa shape index (κ3) is 5.52. The first-order chi connectivity index (χ1) is 14.7. The SMILES string of the molecule is COc1cc(C)c(C)cc1S(=O)(=O)Nc1ccc(-c2ccc(OCC(C)C)nn2)cc1. The fourth-order valence-corrected chi connectivity index (χ4v) is 4.15. The van der Waals surface area contributed by atoms with E-state index in [2.05, 4.69) is 28.8 Å². The molecule has 0 amide bonds. The van der Waals surface area contributed by atoms with Gasteiger partial charge in [-0.1, -0.05) is 26.0 Å². The fourth-order valence-electron chi connectivity index (χ4n) is 2.85. The molecule has 1 heterocycles.